The van der Waals surface area contributed by atoms with Gasteiger partial charge in [0.2, 0.25) is 0 Å². The summed E-state index contributed by atoms with van der Waals surface area (Å²) in [4.78, 5) is 2.37. The molecule has 0 amide bonds. The Balaban J connectivity index is 2.51. The molecule has 0 aromatic rings. The number of hydrogen-bond donors (Lipinski definition) is 2. The van der Waals surface area contributed by atoms with Gasteiger partial charge in [-0.3, -0.25) is 0 Å². The zero-order valence-corrected chi connectivity index (χ0v) is 11.5. The minimum Gasteiger partial charge on any atom is -0.394 e. The van der Waals surface area contributed by atoms with Crippen LogP contribution in [-0.4, -0.2) is 62.0 Å². The molecule has 2 N–H and O–H groups in total. The highest BCUT2D eigenvalue weighted by Gasteiger charge is 2.36. The van der Waals surface area contributed by atoms with Crippen molar-refractivity contribution in [2.75, 3.05) is 40.5 Å². The van der Waals surface area contributed by atoms with Gasteiger partial charge < -0.3 is 20.1 Å². The molecule has 0 aromatic carbocycles. The predicted molar refractivity (Wildman–Crippen MR) is 70.3 cm³/mol. The van der Waals surface area contributed by atoms with E-state index in [-0.39, 0.29) is 12.1 Å². The number of ether oxygens (including phenoxy) is 1. The number of nitrogens with zero attached hydrogens (tertiary/aromatic N) is 1. The summed E-state index contributed by atoms with van der Waals surface area (Å²) in [5.41, 5.74) is -0.0565. The number of methoxy groups -OCH3 is 1. The molecule has 0 spiro atoms. The molecule has 2 unspecified atom stereocenters. The van der Waals surface area contributed by atoms with Crippen LogP contribution in [0.1, 0.15) is 32.6 Å². The average Bonchev–Trinajstić information content (AvgIpc) is 2.36. The van der Waals surface area contributed by atoms with Gasteiger partial charge in [-0.1, -0.05) is 6.92 Å². The number of aliphatic hydroxyl groups excluding tert-OH is 1. The molecule has 0 heterocycles. The van der Waals surface area contributed by atoms with Crippen molar-refractivity contribution in [1.82, 2.24) is 10.2 Å². The molecule has 1 rings (SSSR count). The highest BCUT2D eigenvalue weighted by atomic mass is 16.5. The third kappa shape index (κ3) is 4.21. The molecule has 0 saturated heterocycles. The minimum atomic E-state index is -0.0565. The number of hydrogen-bond acceptors (Lipinski definition) is 4. The maximum Gasteiger partial charge on any atom is 0.0613 e. The zero-order chi connectivity index (χ0) is 12.7. The fourth-order valence-electron chi connectivity index (χ4n) is 2.86. The number of nitrogens with one attached hydrogen (secondary N) is 1. The maximum absolute atomic E-state index is 9.64. The lowest BCUT2D eigenvalue weighted by Crippen LogP contribution is -2.55. The maximum atomic E-state index is 9.64. The van der Waals surface area contributed by atoms with Crippen LogP contribution >= 0.6 is 0 Å². The second-order valence-electron chi connectivity index (χ2n) is 5.19. The summed E-state index contributed by atoms with van der Waals surface area (Å²) in [5, 5.41) is 13.1. The van der Waals surface area contributed by atoms with Crippen LogP contribution in [0.4, 0.5) is 0 Å². The van der Waals surface area contributed by atoms with Crippen molar-refractivity contribution in [3.63, 3.8) is 0 Å². The monoisotopic (exact) mass is 244 g/mol. The minimum absolute atomic E-state index is 0.0565. The highest BCUT2D eigenvalue weighted by molar-refractivity contribution is 4.95. The van der Waals surface area contributed by atoms with Crippen LogP contribution in [0.2, 0.25) is 0 Å². The molecule has 1 saturated carbocycles. The Morgan fingerprint density at radius 2 is 2.29 bits per heavy atom. The fourth-order valence-corrected chi connectivity index (χ4v) is 2.86. The Labute approximate surface area is 105 Å². The lowest BCUT2D eigenvalue weighted by Gasteiger charge is -2.43. The number of aliphatic hydroxyl groups is 1. The second kappa shape index (κ2) is 7.31. The molecule has 1 fully saturated rings. The highest BCUT2D eigenvalue weighted by Crippen LogP contribution is 2.30. The van der Waals surface area contributed by atoms with E-state index in [2.05, 4.69) is 24.2 Å². The predicted octanol–water partition coefficient (Wildman–Crippen LogP) is 0.848. The van der Waals surface area contributed by atoms with E-state index in [4.69, 9.17) is 4.74 Å². The first kappa shape index (κ1) is 14.9. The van der Waals surface area contributed by atoms with Gasteiger partial charge in [0.25, 0.3) is 0 Å². The first-order valence-corrected chi connectivity index (χ1v) is 6.72. The van der Waals surface area contributed by atoms with E-state index in [0.717, 1.165) is 32.5 Å². The van der Waals surface area contributed by atoms with Crippen molar-refractivity contribution < 1.29 is 9.84 Å². The van der Waals surface area contributed by atoms with Crippen LogP contribution in [-0.2, 0) is 4.74 Å². The molecule has 0 radical (unpaired) electrons. The van der Waals surface area contributed by atoms with E-state index in [9.17, 15) is 5.11 Å². The van der Waals surface area contributed by atoms with Gasteiger partial charge in [-0.05, 0) is 39.3 Å². The summed E-state index contributed by atoms with van der Waals surface area (Å²) in [5.74, 6) is 0. The Hall–Kier alpha value is -0.160. The molecule has 0 bridgehead atoms. The van der Waals surface area contributed by atoms with Crippen molar-refractivity contribution in [2.45, 2.75) is 44.2 Å². The van der Waals surface area contributed by atoms with Crippen LogP contribution in [0.5, 0.6) is 0 Å². The lowest BCUT2D eigenvalue weighted by molar-refractivity contribution is 0.0589. The van der Waals surface area contributed by atoms with Crippen molar-refractivity contribution >= 4 is 0 Å². The molecular formula is C13H28N2O2. The van der Waals surface area contributed by atoms with Gasteiger partial charge in [0.15, 0.2) is 0 Å². The molecule has 0 aromatic heterocycles. The summed E-state index contributed by atoms with van der Waals surface area (Å²) in [6.45, 7) is 5.02. The molecule has 1 aliphatic rings. The Kier molecular flexibility index (Phi) is 6.41. The smallest absolute Gasteiger partial charge is 0.0613 e. The van der Waals surface area contributed by atoms with E-state index < -0.39 is 0 Å². The van der Waals surface area contributed by atoms with Gasteiger partial charge in [0, 0.05) is 25.2 Å². The summed E-state index contributed by atoms with van der Waals surface area (Å²) in [7, 11) is 3.90. The van der Waals surface area contributed by atoms with Crippen molar-refractivity contribution in [1.29, 1.82) is 0 Å². The molecular weight excluding hydrogens is 216 g/mol. The second-order valence-corrected chi connectivity index (χ2v) is 5.19. The van der Waals surface area contributed by atoms with E-state index >= 15 is 0 Å². The normalized spacial score (nSPS) is 29.8. The van der Waals surface area contributed by atoms with Crippen molar-refractivity contribution in [3.8, 4) is 0 Å². The zero-order valence-electron chi connectivity index (χ0n) is 11.5. The molecule has 102 valence electrons. The van der Waals surface area contributed by atoms with Crippen LogP contribution in [0.15, 0.2) is 0 Å². The van der Waals surface area contributed by atoms with Gasteiger partial charge in [-0.25, -0.2) is 0 Å². The Morgan fingerprint density at radius 3 is 2.88 bits per heavy atom. The van der Waals surface area contributed by atoms with E-state index in [0.29, 0.717) is 6.04 Å². The number of rotatable bonds is 7. The molecule has 2 atom stereocenters. The molecule has 4 heteroatoms. The Bertz CT molecular complexity index is 210. The summed E-state index contributed by atoms with van der Waals surface area (Å²) >= 11 is 0. The first-order valence-electron chi connectivity index (χ1n) is 6.72. The van der Waals surface area contributed by atoms with Crippen LogP contribution < -0.4 is 5.32 Å². The summed E-state index contributed by atoms with van der Waals surface area (Å²) < 4.78 is 5.12. The Morgan fingerprint density at radius 1 is 1.53 bits per heavy atom. The van der Waals surface area contributed by atoms with Crippen molar-refractivity contribution in [2.24, 2.45) is 0 Å². The quantitative estimate of drug-likeness (QED) is 0.697. The molecule has 1 aliphatic carbocycles. The van der Waals surface area contributed by atoms with E-state index in [1.54, 1.807) is 7.11 Å². The summed E-state index contributed by atoms with van der Waals surface area (Å²) in [6, 6.07) is 0.560. The van der Waals surface area contributed by atoms with Gasteiger partial charge in [-0.2, -0.15) is 0 Å². The van der Waals surface area contributed by atoms with Gasteiger partial charge in [0.05, 0.1) is 13.2 Å². The van der Waals surface area contributed by atoms with E-state index in [1.807, 2.05) is 0 Å². The van der Waals surface area contributed by atoms with Crippen LogP contribution in [0.3, 0.4) is 0 Å². The topological polar surface area (TPSA) is 44.7 Å². The third-order valence-electron chi connectivity index (χ3n) is 3.94. The third-order valence-corrected chi connectivity index (χ3v) is 3.94. The molecule has 0 aliphatic heterocycles. The number of likely N-dealkylation sites (N-methyl/N-ethyl adjacent to an activating group) is 2. The molecule has 4 nitrogen and oxygen atoms in total. The largest absolute Gasteiger partial charge is 0.394 e. The van der Waals surface area contributed by atoms with Gasteiger partial charge in [-0.15, -0.1) is 0 Å². The standard InChI is InChI=1S/C13H28N2O2/c1-4-14-13(11-16)7-5-6-12(10-13)15(2)8-9-17-3/h12,14,16H,4-11H2,1-3H3. The lowest BCUT2D eigenvalue weighted by atomic mass is 9.79. The van der Waals surface area contributed by atoms with Gasteiger partial charge in [0.1, 0.15) is 0 Å². The fraction of sp³-hybridized carbons (Fsp3) is 1.00. The summed E-state index contributed by atoms with van der Waals surface area (Å²) in [6.07, 6.45) is 4.55. The SMILES string of the molecule is CCNC1(CO)CCCC(N(C)CCOC)C1. The first-order chi connectivity index (χ1) is 8.17. The molecule has 17 heavy (non-hydrogen) atoms. The van der Waals surface area contributed by atoms with Crippen LogP contribution in [0.25, 0.3) is 0 Å². The van der Waals surface area contributed by atoms with Crippen LogP contribution in [0, 0.1) is 0 Å². The van der Waals surface area contributed by atoms with Crippen molar-refractivity contribution in [3.05, 3.63) is 0 Å². The van der Waals surface area contributed by atoms with E-state index in [1.165, 1.54) is 12.8 Å². The van der Waals surface area contributed by atoms with Gasteiger partial charge >= 0.3 is 0 Å². The average molecular weight is 244 g/mol.